The summed E-state index contributed by atoms with van der Waals surface area (Å²) in [6, 6.07) is 10.0. The number of unbranched alkanes of at least 4 members (excludes halogenated alkanes) is 1. The lowest BCUT2D eigenvalue weighted by atomic mass is 9.94. The number of piperazine rings is 1. The van der Waals surface area contributed by atoms with Gasteiger partial charge in [-0.3, -0.25) is 4.79 Å². The predicted octanol–water partition coefficient (Wildman–Crippen LogP) is 4.32. The normalized spacial score (nSPS) is 15.0. The second kappa shape index (κ2) is 8.65. The van der Waals surface area contributed by atoms with E-state index in [0.29, 0.717) is 18.8 Å². The van der Waals surface area contributed by atoms with Crippen LogP contribution in [0, 0.1) is 5.41 Å². The summed E-state index contributed by atoms with van der Waals surface area (Å²) in [5.41, 5.74) is 1.91. The Balaban J connectivity index is 1.70. The van der Waals surface area contributed by atoms with Crippen molar-refractivity contribution in [2.45, 2.75) is 47.0 Å². The summed E-state index contributed by atoms with van der Waals surface area (Å²) in [6.07, 6.45) is 2.91. The van der Waals surface area contributed by atoms with E-state index in [1.807, 2.05) is 56.0 Å². The highest BCUT2D eigenvalue weighted by atomic mass is 16.5. The monoisotopic (exact) mass is 421 g/mol. The van der Waals surface area contributed by atoms with Gasteiger partial charge in [-0.25, -0.2) is 4.98 Å². The molecule has 1 aliphatic rings. The van der Waals surface area contributed by atoms with Crippen molar-refractivity contribution >= 4 is 22.8 Å². The number of amides is 1. The Bertz CT molecular complexity index is 1050. The zero-order valence-corrected chi connectivity index (χ0v) is 18.9. The van der Waals surface area contributed by atoms with Crippen LogP contribution in [-0.2, 0) is 11.2 Å². The summed E-state index contributed by atoms with van der Waals surface area (Å²) in [6.45, 7) is 10.9. The maximum absolute atomic E-state index is 12.7. The van der Waals surface area contributed by atoms with E-state index in [4.69, 9.17) is 9.51 Å². The molecule has 0 N–H and O–H groups in total. The number of carbonyl (C=O) groups is 1. The summed E-state index contributed by atoms with van der Waals surface area (Å²) < 4.78 is 5.67. The number of rotatable bonds is 5. The maximum atomic E-state index is 12.7. The minimum Gasteiger partial charge on any atom is -0.352 e. The third-order valence-corrected chi connectivity index (χ3v) is 5.67. The quantitative estimate of drug-likeness (QED) is 0.611. The average Bonchev–Trinajstić information content (AvgIpc) is 3.21. The van der Waals surface area contributed by atoms with E-state index in [1.54, 1.807) is 0 Å². The summed E-state index contributed by atoms with van der Waals surface area (Å²) in [7, 11) is 0. The largest absolute Gasteiger partial charge is 0.352 e. The molecule has 3 heterocycles. The third-order valence-electron chi connectivity index (χ3n) is 5.67. The standard InChI is InChI=1S/C24H31N5O2/c1-5-6-12-18-25-21(28-13-15-29(16-14-28)23(30)24(2,3)4)19-20(27-31-22(19)26-18)17-10-8-7-9-11-17/h7-11H,5-6,12-16H2,1-4H3. The lowest BCUT2D eigenvalue weighted by Gasteiger charge is -2.38. The maximum Gasteiger partial charge on any atom is 0.263 e. The lowest BCUT2D eigenvalue weighted by molar-refractivity contribution is -0.139. The molecule has 1 fully saturated rings. The fourth-order valence-corrected chi connectivity index (χ4v) is 3.94. The molecule has 164 valence electrons. The number of aromatic nitrogens is 3. The number of carbonyl (C=O) groups excluding carboxylic acids is 1. The second-order valence-electron chi connectivity index (χ2n) is 9.17. The minimum absolute atomic E-state index is 0.193. The van der Waals surface area contributed by atoms with E-state index in [2.05, 4.69) is 22.0 Å². The fraction of sp³-hybridized carbons (Fsp3) is 0.500. The SMILES string of the molecule is CCCCc1nc(N2CCN(C(=O)C(C)(C)C)CC2)c2c(-c3ccccc3)noc2n1. The molecule has 0 spiro atoms. The van der Waals surface area contributed by atoms with E-state index in [-0.39, 0.29) is 11.3 Å². The molecule has 0 unspecified atom stereocenters. The van der Waals surface area contributed by atoms with Gasteiger partial charge in [0.2, 0.25) is 5.91 Å². The smallest absolute Gasteiger partial charge is 0.263 e. The second-order valence-corrected chi connectivity index (χ2v) is 9.17. The van der Waals surface area contributed by atoms with Gasteiger partial charge in [-0.05, 0) is 6.42 Å². The van der Waals surface area contributed by atoms with Crippen LogP contribution in [-0.4, -0.2) is 52.1 Å². The molecule has 1 amide bonds. The first-order valence-electron chi connectivity index (χ1n) is 11.1. The average molecular weight is 422 g/mol. The Labute approximate surface area is 183 Å². The third kappa shape index (κ3) is 4.40. The zero-order chi connectivity index (χ0) is 22.0. The highest BCUT2D eigenvalue weighted by Gasteiger charge is 2.31. The van der Waals surface area contributed by atoms with Crippen LogP contribution in [0.2, 0.25) is 0 Å². The van der Waals surface area contributed by atoms with E-state index in [9.17, 15) is 4.79 Å². The van der Waals surface area contributed by atoms with Crippen LogP contribution in [0.15, 0.2) is 34.9 Å². The number of anilines is 1. The number of hydrogen-bond acceptors (Lipinski definition) is 6. The minimum atomic E-state index is -0.368. The molecule has 3 aromatic rings. The van der Waals surface area contributed by atoms with Crippen molar-refractivity contribution in [2.75, 3.05) is 31.1 Å². The molecule has 0 bridgehead atoms. The number of hydrogen-bond donors (Lipinski definition) is 0. The van der Waals surface area contributed by atoms with Gasteiger partial charge in [0.1, 0.15) is 22.7 Å². The Morgan fingerprint density at radius 2 is 1.77 bits per heavy atom. The molecule has 7 heteroatoms. The van der Waals surface area contributed by atoms with Crippen molar-refractivity contribution in [3.05, 3.63) is 36.2 Å². The number of nitrogens with zero attached hydrogens (tertiary/aromatic N) is 5. The van der Waals surface area contributed by atoms with Crippen molar-refractivity contribution < 1.29 is 9.32 Å². The van der Waals surface area contributed by atoms with Crippen LogP contribution < -0.4 is 4.90 Å². The van der Waals surface area contributed by atoms with Gasteiger partial charge in [0.25, 0.3) is 5.71 Å². The van der Waals surface area contributed by atoms with Crippen LogP contribution in [0.5, 0.6) is 0 Å². The Hall–Kier alpha value is -2.96. The van der Waals surface area contributed by atoms with E-state index in [1.165, 1.54) is 0 Å². The Kier molecular flexibility index (Phi) is 5.94. The van der Waals surface area contributed by atoms with Gasteiger partial charge in [0, 0.05) is 43.6 Å². The number of fused-ring (bicyclic) bond motifs is 1. The molecule has 1 aliphatic heterocycles. The van der Waals surface area contributed by atoms with Crippen molar-refractivity contribution in [3.8, 4) is 11.3 Å². The van der Waals surface area contributed by atoms with E-state index >= 15 is 0 Å². The highest BCUT2D eigenvalue weighted by molar-refractivity contribution is 5.98. The van der Waals surface area contributed by atoms with Gasteiger partial charge in [-0.15, -0.1) is 0 Å². The van der Waals surface area contributed by atoms with Gasteiger partial charge in [0.05, 0.1) is 0 Å². The molecule has 7 nitrogen and oxygen atoms in total. The van der Waals surface area contributed by atoms with Crippen LogP contribution >= 0.6 is 0 Å². The molecular formula is C24H31N5O2. The first-order valence-corrected chi connectivity index (χ1v) is 11.1. The van der Waals surface area contributed by atoms with Crippen molar-refractivity contribution in [3.63, 3.8) is 0 Å². The molecule has 0 aliphatic carbocycles. The highest BCUT2D eigenvalue weighted by Crippen LogP contribution is 2.34. The molecule has 0 radical (unpaired) electrons. The van der Waals surface area contributed by atoms with Crippen molar-refractivity contribution in [2.24, 2.45) is 5.41 Å². The van der Waals surface area contributed by atoms with Gasteiger partial charge in [0.15, 0.2) is 0 Å². The molecule has 1 aromatic carbocycles. The van der Waals surface area contributed by atoms with Crippen LogP contribution in [0.4, 0.5) is 5.82 Å². The molecule has 31 heavy (non-hydrogen) atoms. The zero-order valence-electron chi connectivity index (χ0n) is 18.9. The van der Waals surface area contributed by atoms with Gasteiger partial charge in [-0.1, -0.05) is 69.6 Å². The summed E-state index contributed by atoms with van der Waals surface area (Å²) in [5, 5.41) is 5.20. The molecule has 2 aromatic heterocycles. The summed E-state index contributed by atoms with van der Waals surface area (Å²) >= 11 is 0. The van der Waals surface area contributed by atoms with E-state index < -0.39 is 0 Å². The van der Waals surface area contributed by atoms with Gasteiger partial charge < -0.3 is 14.3 Å². The van der Waals surface area contributed by atoms with Crippen molar-refractivity contribution in [1.29, 1.82) is 0 Å². The van der Waals surface area contributed by atoms with Crippen LogP contribution in [0.25, 0.3) is 22.4 Å². The molecule has 4 rings (SSSR count). The molecule has 0 atom stereocenters. The first-order chi connectivity index (χ1) is 14.9. The fourth-order valence-electron chi connectivity index (χ4n) is 3.94. The Morgan fingerprint density at radius 3 is 2.42 bits per heavy atom. The lowest BCUT2D eigenvalue weighted by Crippen LogP contribution is -2.52. The Morgan fingerprint density at radius 1 is 1.06 bits per heavy atom. The van der Waals surface area contributed by atoms with Gasteiger partial charge >= 0.3 is 0 Å². The van der Waals surface area contributed by atoms with Crippen LogP contribution in [0.3, 0.4) is 0 Å². The summed E-state index contributed by atoms with van der Waals surface area (Å²) in [5.74, 6) is 1.84. The van der Waals surface area contributed by atoms with Crippen molar-refractivity contribution in [1.82, 2.24) is 20.0 Å². The molecular weight excluding hydrogens is 390 g/mol. The summed E-state index contributed by atoms with van der Waals surface area (Å²) in [4.78, 5) is 26.5. The van der Waals surface area contributed by atoms with E-state index in [0.717, 1.165) is 60.6 Å². The number of aryl methyl sites for hydroxylation is 1. The predicted molar refractivity (Wildman–Crippen MR) is 122 cm³/mol. The molecule has 0 saturated carbocycles. The molecule has 1 saturated heterocycles. The topological polar surface area (TPSA) is 75.4 Å². The number of benzene rings is 1. The van der Waals surface area contributed by atoms with Crippen LogP contribution in [0.1, 0.15) is 46.4 Å². The van der Waals surface area contributed by atoms with Gasteiger partial charge in [-0.2, -0.15) is 4.98 Å². The first kappa shape index (κ1) is 21.3.